The molecule has 1 aromatic rings. The molecule has 0 bridgehead atoms. The molecule has 0 aliphatic heterocycles. The number of aromatic nitrogens is 1. The van der Waals surface area contributed by atoms with Crippen molar-refractivity contribution in [1.82, 2.24) is 15.6 Å². The molecule has 0 aromatic carbocycles. The van der Waals surface area contributed by atoms with E-state index in [-0.39, 0.29) is 24.3 Å². The topological polar surface area (TPSA) is 72.5 Å². The highest BCUT2D eigenvalue weighted by molar-refractivity contribution is 7.11. The Morgan fingerprint density at radius 2 is 2.17 bits per heavy atom. The summed E-state index contributed by atoms with van der Waals surface area (Å²) in [5, 5.41) is 7.59. The van der Waals surface area contributed by atoms with E-state index in [1.807, 2.05) is 33.9 Å². The molecular weight excluding hydrogens is 326 g/mol. The molecule has 0 saturated heterocycles. The predicted octanol–water partition coefficient (Wildman–Crippen LogP) is 2.87. The molecule has 1 amide bonds. The summed E-state index contributed by atoms with van der Waals surface area (Å²) in [7, 11) is 0. The summed E-state index contributed by atoms with van der Waals surface area (Å²) >= 11 is 1.72. The van der Waals surface area contributed by atoms with Crippen molar-refractivity contribution in [3.8, 4) is 0 Å². The Hall–Kier alpha value is -1.18. The SMILES string of the molecule is CCOC1CC(NC(=O)OC(C)(C)C)C1NCc1cnc(CC)s1. The van der Waals surface area contributed by atoms with E-state index in [0.29, 0.717) is 6.61 Å². The molecule has 1 heterocycles. The van der Waals surface area contributed by atoms with Gasteiger partial charge in [-0.25, -0.2) is 9.78 Å². The molecule has 24 heavy (non-hydrogen) atoms. The number of rotatable bonds is 7. The first kappa shape index (κ1) is 19.1. The average molecular weight is 356 g/mol. The summed E-state index contributed by atoms with van der Waals surface area (Å²) in [6.07, 6.45) is 3.42. The van der Waals surface area contributed by atoms with Gasteiger partial charge in [0.1, 0.15) is 5.60 Å². The van der Waals surface area contributed by atoms with E-state index < -0.39 is 5.60 Å². The van der Waals surface area contributed by atoms with Crippen LogP contribution >= 0.6 is 11.3 Å². The molecule has 1 aliphatic rings. The molecule has 1 aromatic heterocycles. The Labute approximate surface area is 148 Å². The lowest BCUT2D eigenvalue weighted by Crippen LogP contribution is -2.66. The zero-order chi connectivity index (χ0) is 17.7. The van der Waals surface area contributed by atoms with Crippen molar-refractivity contribution in [3.05, 3.63) is 16.1 Å². The molecule has 0 spiro atoms. The third-order valence-corrected chi connectivity index (χ3v) is 4.96. The maximum Gasteiger partial charge on any atom is 0.407 e. The number of carbonyl (C=O) groups excluding carboxylic acids is 1. The highest BCUT2D eigenvalue weighted by atomic mass is 32.1. The van der Waals surface area contributed by atoms with Gasteiger partial charge in [-0.15, -0.1) is 11.3 Å². The molecular formula is C17H29N3O3S. The molecule has 1 saturated carbocycles. The summed E-state index contributed by atoms with van der Waals surface area (Å²) in [5.74, 6) is 0. The van der Waals surface area contributed by atoms with Crippen LogP contribution in [0.1, 0.15) is 50.9 Å². The third kappa shape index (κ3) is 5.43. The van der Waals surface area contributed by atoms with Crippen LogP contribution in [0.25, 0.3) is 0 Å². The first-order valence-electron chi connectivity index (χ1n) is 8.60. The summed E-state index contributed by atoms with van der Waals surface area (Å²) < 4.78 is 11.1. The molecule has 3 unspecified atom stereocenters. The molecule has 1 aliphatic carbocycles. The Bertz CT molecular complexity index is 541. The molecule has 1 fully saturated rings. The minimum atomic E-state index is -0.491. The quantitative estimate of drug-likeness (QED) is 0.787. The maximum atomic E-state index is 12.0. The molecule has 2 N–H and O–H groups in total. The second-order valence-electron chi connectivity index (χ2n) is 6.96. The molecule has 0 radical (unpaired) electrons. The van der Waals surface area contributed by atoms with Gasteiger partial charge in [0.15, 0.2) is 0 Å². The number of thiazole rings is 1. The van der Waals surface area contributed by atoms with Crippen molar-refractivity contribution < 1.29 is 14.3 Å². The number of amides is 1. The standard InChI is InChI=1S/C17H29N3O3S/c1-6-14-18-9-11(24-14)10-19-15-12(8-13(15)22-7-2)20-16(21)23-17(3,4)5/h9,12-13,15,19H,6-8,10H2,1-5H3,(H,20,21). The van der Waals surface area contributed by atoms with Crippen LogP contribution in [0.3, 0.4) is 0 Å². The van der Waals surface area contributed by atoms with E-state index in [0.717, 1.165) is 24.4 Å². The summed E-state index contributed by atoms with van der Waals surface area (Å²) in [6.45, 7) is 11.1. The van der Waals surface area contributed by atoms with E-state index in [2.05, 4.69) is 22.5 Å². The summed E-state index contributed by atoms with van der Waals surface area (Å²) in [4.78, 5) is 17.6. The third-order valence-electron chi connectivity index (χ3n) is 3.82. The van der Waals surface area contributed by atoms with E-state index in [1.165, 1.54) is 4.88 Å². The van der Waals surface area contributed by atoms with Gasteiger partial charge in [-0.2, -0.15) is 0 Å². The minimum absolute atomic E-state index is 0.0231. The monoisotopic (exact) mass is 355 g/mol. The second-order valence-corrected chi connectivity index (χ2v) is 8.16. The number of ether oxygens (including phenoxy) is 2. The largest absolute Gasteiger partial charge is 0.444 e. The molecule has 3 atom stereocenters. The molecule has 136 valence electrons. The number of hydrogen-bond acceptors (Lipinski definition) is 6. The Kier molecular flexibility index (Phi) is 6.60. The van der Waals surface area contributed by atoms with Crippen molar-refractivity contribution in [2.24, 2.45) is 0 Å². The van der Waals surface area contributed by atoms with Crippen LogP contribution in [0.4, 0.5) is 4.79 Å². The van der Waals surface area contributed by atoms with Crippen molar-refractivity contribution in [3.63, 3.8) is 0 Å². The zero-order valence-corrected chi connectivity index (χ0v) is 16.0. The fourth-order valence-corrected chi connectivity index (χ4v) is 3.50. The van der Waals surface area contributed by atoms with Crippen molar-refractivity contribution in [2.75, 3.05) is 6.61 Å². The Morgan fingerprint density at radius 1 is 1.42 bits per heavy atom. The minimum Gasteiger partial charge on any atom is -0.444 e. The van der Waals surface area contributed by atoms with E-state index in [1.54, 1.807) is 11.3 Å². The smallest absolute Gasteiger partial charge is 0.407 e. The Balaban J connectivity index is 1.88. The van der Waals surface area contributed by atoms with Crippen LogP contribution in [0.5, 0.6) is 0 Å². The normalized spacial score (nSPS) is 23.6. The highest BCUT2D eigenvalue weighted by Gasteiger charge is 2.42. The van der Waals surface area contributed by atoms with Crippen LogP contribution in [0, 0.1) is 0 Å². The van der Waals surface area contributed by atoms with Gasteiger partial charge in [0.2, 0.25) is 0 Å². The van der Waals surface area contributed by atoms with Crippen LogP contribution in [-0.4, -0.2) is 41.5 Å². The number of hydrogen-bond donors (Lipinski definition) is 2. The molecule has 6 nitrogen and oxygen atoms in total. The molecule has 7 heteroatoms. The fourth-order valence-electron chi connectivity index (χ4n) is 2.69. The van der Waals surface area contributed by atoms with Crippen molar-refractivity contribution >= 4 is 17.4 Å². The highest BCUT2D eigenvalue weighted by Crippen LogP contribution is 2.26. The van der Waals surface area contributed by atoms with Gasteiger partial charge in [-0.1, -0.05) is 6.92 Å². The number of aryl methyl sites for hydroxylation is 1. The Morgan fingerprint density at radius 3 is 2.75 bits per heavy atom. The number of nitrogens with zero attached hydrogens (tertiary/aromatic N) is 1. The van der Waals surface area contributed by atoms with Crippen molar-refractivity contribution in [1.29, 1.82) is 0 Å². The van der Waals surface area contributed by atoms with E-state index >= 15 is 0 Å². The van der Waals surface area contributed by atoms with Gasteiger partial charge in [0.05, 0.1) is 23.2 Å². The predicted molar refractivity (Wildman–Crippen MR) is 95.3 cm³/mol. The van der Waals surface area contributed by atoms with Gasteiger partial charge in [0, 0.05) is 24.2 Å². The van der Waals surface area contributed by atoms with E-state index in [4.69, 9.17) is 9.47 Å². The van der Waals surface area contributed by atoms with Crippen LogP contribution < -0.4 is 10.6 Å². The second kappa shape index (κ2) is 8.27. The van der Waals surface area contributed by atoms with Gasteiger partial charge in [-0.3, -0.25) is 0 Å². The number of alkyl carbamates (subject to hydrolysis) is 1. The van der Waals surface area contributed by atoms with Gasteiger partial charge in [-0.05, 0) is 40.5 Å². The first-order valence-corrected chi connectivity index (χ1v) is 9.42. The van der Waals surface area contributed by atoms with Gasteiger partial charge in [0.25, 0.3) is 0 Å². The molecule has 2 rings (SSSR count). The maximum absolute atomic E-state index is 12.0. The van der Waals surface area contributed by atoms with Gasteiger partial charge >= 0.3 is 6.09 Å². The number of nitrogens with one attached hydrogen (secondary N) is 2. The van der Waals surface area contributed by atoms with E-state index in [9.17, 15) is 4.79 Å². The fraction of sp³-hybridized carbons (Fsp3) is 0.765. The van der Waals surface area contributed by atoms with Crippen LogP contribution in [0.15, 0.2) is 6.20 Å². The lowest BCUT2D eigenvalue weighted by atomic mass is 9.82. The van der Waals surface area contributed by atoms with Crippen molar-refractivity contribution in [2.45, 2.75) is 77.8 Å². The zero-order valence-electron chi connectivity index (χ0n) is 15.2. The summed E-state index contributed by atoms with van der Waals surface area (Å²) in [5.41, 5.74) is -0.491. The van der Waals surface area contributed by atoms with Gasteiger partial charge < -0.3 is 20.1 Å². The average Bonchev–Trinajstić information content (AvgIpc) is 2.92. The number of carbonyl (C=O) groups is 1. The van der Waals surface area contributed by atoms with Crippen LogP contribution in [-0.2, 0) is 22.4 Å². The summed E-state index contributed by atoms with van der Waals surface area (Å²) in [6, 6.07) is 0.111. The lowest BCUT2D eigenvalue weighted by molar-refractivity contribution is -0.0437. The lowest BCUT2D eigenvalue weighted by Gasteiger charge is -2.44. The van der Waals surface area contributed by atoms with Crippen LogP contribution in [0.2, 0.25) is 0 Å². The first-order chi connectivity index (χ1) is 11.3.